The molecule has 0 bridgehead atoms. The molecule has 80 valence electrons. The molecule has 0 aromatic rings. The standard InChI is InChI=1S/C8H15N3O2S/c9-5(1-2-6(10)12)7(13)8-11-3-4-14-8/h5,8,11H,1-4,9H2,(H2,10,12). The Morgan fingerprint density at radius 1 is 1.57 bits per heavy atom. The van der Waals surface area contributed by atoms with Crippen molar-refractivity contribution >= 4 is 23.5 Å². The quantitative estimate of drug-likeness (QED) is 0.538. The fourth-order valence-electron chi connectivity index (χ4n) is 1.24. The van der Waals surface area contributed by atoms with Crippen molar-refractivity contribution in [3.8, 4) is 0 Å². The Morgan fingerprint density at radius 3 is 2.79 bits per heavy atom. The Labute approximate surface area is 87.0 Å². The summed E-state index contributed by atoms with van der Waals surface area (Å²) in [6, 6.07) is -0.578. The first kappa shape index (κ1) is 11.5. The number of primary amides is 1. The van der Waals surface area contributed by atoms with Gasteiger partial charge in [-0.15, -0.1) is 11.8 Å². The van der Waals surface area contributed by atoms with Crippen LogP contribution in [-0.4, -0.2) is 35.4 Å². The number of hydrogen-bond donors (Lipinski definition) is 3. The van der Waals surface area contributed by atoms with Gasteiger partial charge in [0.1, 0.15) is 5.37 Å². The zero-order valence-electron chi connectivity index (χ0n) is 7.86. The Morgan fingerprint density at radius 2 is 2.29 bits per heavy atom. The molecule has 1 amide bonds. The van der Waals surface area contributed by atoms with Gasteiger partial charge in [-0.2, -0.15) is 0 Å². The van der Waals surface area contributed by atoms with Crippen LogP contribution in [0.4, 0.5) is 0 Å². The van der Waals surface area contributed by atoms with E-state index in [4.69, 9.17) is 11.5 Å². The van der Waals surface area contributed by atoms with Crippen LogP contribution in [0.5, 0.6) is 0 Å². The molecular formula is C8H15N3O2S. The lowest BCUT2D eigenvalue weighted by atomic mass is 10.1. The average molecular weight is 217 g/mol. The van der Waals surface area contributed by atoms with E-state index in [0.29, 0.717) is 6.42 Å². The largest absolute Gasteiger partial charge is 0.370 e. The highest BCUT2D eigenvalue weighted by Gasteiger charge is 2.27. The molecule has 0 radical (unpaired) electrons. The van der Waals surface area contributed by atoms with Crippen molar-refractivity contribution < 1.29 is 9.59 Å². The summed E-state index contributed by atoms with van der Waals surface area (Å²) in [6.45, 7) is 0.837. The molecule has 0 aromatic heterocycles. The molecular weight excluding hydrogens is 202 g/mol. The monoisotopic (exact) mass is 217 g/mol. The number of amides is 1. The molecule has 0 spiro atoms. The molecule has 1 aliphatic heterocycles. The van der Waals surface area contributed by atoms with E-state index in [2.05, 4.69) is 5.32 Å². The van der Waals surface area contributed by atoms with Crippen LogP contribution in [0.15, 0.2) is 0 Å². The third kappa shape index (κ3) is 3.28. The average Bonchev–Trinajstić information content (AvgIpc) is 2.65. The van der Waals surface area contributed by atoms with Crippen molar-refractivity contribution in [1.82, 2.24) is 5.32 Å². The lowest BCUT2D eigenvalue weighted by molar-refractivity contribution is -0.121. The number of rotatable bonds is 5. The van der Waals surface area contributed by atoms with Crippen molar-refractivity contribution in [2.75, 3.05) is 12.3 Å². The van der Waals surface area contributed by atoms with Crippen LogP contribution in [0, 0.1) is 0 Å². The number of ketones is 1. The Kier molecular flexibility index (Phi) is 4.37. The highest BCUT2D eigenvalue weighted by atomic mass is 32.2. The van der Waals surface area contributed by atoms with Crippen LogP contribution in [0.25, 0.3) is 0 Å². The van der Waals surface area contributed by atoms with Gasteiger partial charge < -0.3 is 11.5 Å². The Hall–Kier alpha value is -0.590. The van der Waals surface area contributed by atoms with Crippen molar-refractivity contribution in [3.05, 3.63) is 0 Å². The highest BCUT2D eigenvalue weighted by molar-refractivity contribution is 8.00. The Bertz CT molecular complexity index is 229. The van der Waals surface area contributed by atoms with E-state index in [1.165, 1.54) is 0 Å². The molecule has 5 nitrogen and oxygen atoms in total. The molecule has 1 heterocycles. The molecule has 0 saturated carbocycles. The normalized spacial score (nSPS) is 23.4. The van der Waals surface area contributed by atoms with Crippen LogP contribution in [0.2, 0.25) is 0 Å². The summed E-state index contributed by atoms with van der Waals surface area (Å²) in [5.74, 6) is 0.480. The number of thioether (sulfide) groups is 1. The van der Waals surface area contributed by atoms with Crippen molar-refractivity contribution in [2.45, 2.75) is 24.3 Å². The fraction of sp³-hybridized carbons (Fsp3) is 0.750. The number of nitrogens with two attached hydrogens (primary N) is 2. The number of hydrogen-bond acceptors (Lipinski definition) is 5. The van der Waals surface area contributed by atoms with Gasteiger partial charge in [-0.3, -0.25) is 14.9 Å². The molecule has 1 rings (SSSR count). The first-order chi connectivity index (χ1) is 6.61. The van der Waals surface area contributed by atoms with Crippen LogP contribution < -0.4 is 16.8 Å². The summed E-state index contributed by atoms with van der Waals surface area (Å²) in [6.07, 6.45) is 0.511. The van der Waals surface area contributed by atoms with Gasteiger partial charge in [-0.25, -0.2) is 0 Å². The van der Waals surface area contributed by atoms with Crippen LogP contribution >= 0.6 is 11.8 Å². The van der Waals surface area contributed by atoms with Gasteiger partial charge in [0.05, 0.1) is 6.04 Å². The summed E-state index contributed by atoms with van der Waals surface area (Å²) in [5.41, 5.74) is 10.6. The van der Waals surface area contributed by atoms with E-state index < -0.39 is 11.9 Å². The number of carbonyl (C=O) groups is 2. The topological polar surface area (TPSA) is 98.2 Å². The Balaban J connectivity index is 2.31. The van der Waals surface area contributed by atoms with Gasteiger partial charge in [0.2, 0.25) is 5.91 Å². The van der Waals surface area contributed by atoms with E-state index in [1.54, 1.807) is 11.8 Å². The van der Waals surface area contributed by atoms with Crippen molar-refractivity contribution in [1.29, 1.82) is 0 Å². The second-order valence-electron chi connectivity index (χ2n) is 3.22. The van der Waals surface area contributed by atoms with E-state index in [1.807, 2.05) is 0 Å². The molecule has 14 heavy (non-hydrogen) atoms. The number of nitrogens with one attached hydrogen (secondary N) is 1. The van der Waals surface area contributed by atoms with Gasteiger partial charge in [-0.1, -0.05) is 0 Å². The second kappa shape index (κ2) is 5.33. The minimum atomic E-state index is -0.578. The number of Topliss-reactive ketones (excluding diaryl/α,β-unsaturated/α-hetero) is 1. The van der Waals surface area contributed by atoms with Gasteiger partial charge in [0, 0.05) is 18.7 Å². The zero-order valence-corrected chi connectivity index (χ0v) is 8.68. The first-order valence-corrected chi connectivity index (χ1v) is 5.58. The maximum atomic E-state index is 11.6. The number of carbonyl (C=O) groups excluding carboxylic acids is 2. The third-order valence-electron chi connectivity index (χ3n) is 2.04. The van der Waals surface area contributed by atoms with Crippen molar-refractivity contribution in [2.24, 2.45) is 11.5 Å². The molecule has 5 N–H and O–H groups in total. The second-order valence-corrected chi connectivity index (χ2v) is 4.43. The molecule has 1 aliphatic rings. The predicted molar refractivity (Wildman–Crippen MR) is 55.7 cm³/mol. The van der Waals surface area contributed by atoms with Crippen LogP contribution in [-0.2, 0) is 9.59 Å². The molecule has 2 unspecified atom stereocenters. The van der Waals surface area contributed by atoms with E-state index in [9.17, 15) is 9.59 Å². The zero-order chi connectivity index (χ0) is 10.6. The van der Waals surface area contributed by atoms with Crippen LogP contribution in [0.3, 0.4) is 0 Å². The minimum absolute atomic E-state index is 0.0336. The van der Waals surface area contributed by atoms with E-state index in [-0.39, 0.29) is 17.6 Å². The first-order valence-electron chi connectivity index (χ1n) is 4.54. The third-order valence-corrected chi connectivity index (χ3v) is 3.21. The predicted octanol–water partition coefficient (Wildman–Crippen LogP) is -1.19. The lowest BCUT2D eigenvalue weighted by Crippen LogP contribution is -2.42. The smallest absolute Gasteiger partial charge is 0.217 e. The van der Waals surface area contributed by atoms with Crippen LogP contribution in [0.1, 0.15) is 12.8 Å². The van der Waals surface area contributed by atoms with Gasteiger partial charge in [0.25, 0.3) is 0 Å². The van der Waals surface area contributed by atoms with Gasteiger partial charge in [0.15, 0.2) is 5.78 Å². The summed E-state index contributed by atoms with van der Waals surface area (Å²) in [4.78, 5) is 22.1. The molecule has 0 aliphatic carbocycles. The van der Waals surface area contributed by atoms with E-state index in [0.717, 1.165) is 12.3 Å². The lowest BCUT2D eigenvalue weighted by Gasteiger charge is -2.14. The van der Waals surface area contributed by atoms with Gasteiger partial charge >= 0.3 is 0 Å². The summed E-state index contributed by atoms with van der Waals surface area (Å²) >= 11 is 1.56. The maximum Gasteiger partial charge on any atom is 0.217 e. The SMILES string of the molecule is NC(=O)CCC(N)C(=O)C1NCCS1. The fourth-order valence-corrected chi connectivity index (χ4v) is 2.29. The minimum Gasteiger partial charge on any atom is -0.370 e. The van der Waals surface area contributed by atoms with Gasteiger partial charge in [-0.05, 0) is 6.42 Å². The summed E-state index contributed by atoms with van der Waals surface area (Å²) < 4.78 is 0. The molecule has 1 saturated heterocycles. The molecule has 2 atom stereocenters. The maximum absolute atomic E-state index is 11.6. The molecule has 0 aromatic carbocycles. The molecule has 6 heteroatoms. The summed E-state index contributed by atoms with van der Waals surface area (Å²) in [5, 5.41) is 2.85. The van der Waals surface area contributed by atoms with E-state index >= 15 is 0 Å². The van der Waals surface area contributed by atoms with Crippen molar-refractivity contribution in [3.63, 3.8) is 0 Å². The highest BCUT2D eigenvalue weighted by Crippen LogP contribution is 2.16. The summed E-state index contributed by atoms with van der Waals surface area (Å²) in [7, 11) is 0. The molecule has 1 fully saturated rings.